The van der Waals surface area contributed by atoms with Crippen LogP contribution in [0.3, 0.4) is 0 Å². The van der Waals surface area contributed by atoms with Gasteiger partial charge < -0.3 is 10.2 Å². The maximum absolute atomic E-state index is 6.07. The van der Waals surface area contributed by atoms with Crippen LogP contribution in [-0.4, -0.2) is 4.98 Å². The van der Waals surface area contributed by atoms with E-state index in [9.17, 15) is 0 Å². The van der Waals surface area contributed by atoms with Crippen molar-refractivity contribution in [3.8, 4) is 0 Å². The van der Waals surface area contributed by atoms with Crippen LogP contribution in [0.25, 0.3) is 0 Å². The first-order chi connectivity index (χ1) is 7.66. The molecule has 1 unspecified atom stereocenters. The average Bonchev–Trinajstić information content (AvgIpc) is 2.70. The van der Waals surface area contributed by atoms with E-state index < -0.39 is 0 Å². The quantitative estimate of drug-likeness (QED) is 0.926. The second kappa shape index (κ2) is 5.12. The molecule has 0 fully saturated rings. The molecule has 0 saturated carbocycles. The summed E-state index contributed by atoms with van der Waals surface area (Å²) in [5.74, 6) is 0.865. The van der Waals surface area contributed by atoms with Gasteiger partial charge in [-0.2, -0.15) is 0 Å². The van der Waals surface area contributed by atoms with Crippen molar-refractivity contribution in [2.45, 2.75) is 12.5 Å². The van der Waals surface area contributed by atoms with Gasteiger partial charge in [-0.1, -0.05) is 0 Å². The predicted molar refractivity (Wildman–Crippen MR) is 69.0 cm³/mol. The summed E-state index contributed by atoms with van der Waals surface area (Å²) < 4.78 is 7.08. The number of hydrogen-bond donors (Lipinski definition) is 1. The third kappa shape index (κ3) is 2.72. The van der Waals surface area contributed by atoms with Crippen LogP contribution in [0.1, 0.15) is 17.5 Å². The van der Waals surface area contributed by atoms with Crippen molar-refractivity contribution in [1.29, 1.82) is 0 Å². The Morgan fingerprint density at radius 2 is 2.25 bits per heavy atom. The Labute approximate surface area is 110 Å². The van der Waals surface area contributed by atoms with Gasteiger partial charge in [0.25, 0.3) is 0 Å². The van der Waals surface area contributed by atoms with E-state index in [1.165, 1.54) is 0 Å². The summed E-state index contributed by atoms with van der Waals surface area (Å²) in [6, 6.07) is 5.52. The van der Waals surface area contributed by atoms with Gasteiger partial charge in [-0.3, -0.25) is 4.98 Å². The number of pyridine rings is 1. The smallest absolute Gasteiger partial charge is 0.105 e. The Kier molecular flexibility index (Phi) is 3.78. The molecule has 2 aromatic rings. The zero-order chi connectivity index (χ0) is 11.5. The first-order valence-electron chi connectivity index (χ1n) is 4.75. The minimum atomic E-state index is -0.173. The van der Waals surface area contributed by atoms with Gasteiger partial charge in [0, 0.05) is 21.6 Å². The highest BCUT2D eigenvalue weighted by molar-refractivity contribution is 9.11. The van der Waals surface area contributed by atoms with Crippen LogP contribution in [-0.2, 0) is 6.42 Å². The maximum atomic E-state index is 6.07. The predicted octanol–water partition coefficient (Wildman–Crippen LogP) is 3.44. The van der Waals surface area contributed by atoms with Gasteiger partial charge in [-0.15, -0.1) is 0 Å². The first-order valence-corrected chi connectivity index (χ1v) is 6.34. The van der Waals surface area contributed by atoms with E-state index >= 15 is 0 Å². The number of hydrogen-bond acceptors (Lipinski definition) is 3. The second-order valence-electron chi connectivity index (χ2n) is 3.41. The van der Waals surface area contributed by atoms with Crippen molar-refractivity contribution in [2.24, 2.45) is 5.73 Å². The fourth-order valence-corrected chi connectivity index (χ4v) is 2.72. The van der Waals surface area contributed by atoms with Crippen LogP contribution in [0.2, 0.25) is 0 Å². The van der Waals surface area contributed by atoms with Gasteiger partial charge in [0.15, 0.2) is 0 Å². The molecule has 0 spiro atoms. The molecule has 84 valence electrons. The van der Waals surface area contributed by atoms with Crippen LogP contribution in [0, 0.1) is 0 Å². The van der Waals surface area contributed by atoms with E-state index in [4.69, 9.17) is 10.2 Å². The summed E-state index contributed by atoms with van der Waals surface area (Å²) in [5, 5.41) is 0. The summed E-state index contributed by atoms with van der Waals surface area (Å²) in [6.45, 7) is 0. The van der Waals surface area contributed by atoms with Crippen molar-refractivity contribution < 1.29 is 4.42 Å². The Balaban J connectivity index is 2.17. The van der Waals surface area contributed by atoms with Crippen LogP contribution in [0.5, 0.6) is 0 Å². The fourth-order valence-electron chi connectivity index (χ4n) is 1.44. The lowest BCUT2D eigenvalue weighted by Crippen LogP contribution is -2.15. The second-order valence-corrected chi connectivity index (χ2v) is 5.18. The largest absolute Gasteiger partial charge is 0.469 e. The number of aromatic nitrogens is 1. The molecule has 0 bridgehead atoms. The van der Waals surface area contributed by atoms with Gasteiger partial charge in [0.1, 0.15) is 5.76 Å². The van der Waals surface area contributed by atoms with E-state index in [1.54, 1.807) is 12.5 Å². The summed E-state index contributed by atoms with van der Waals surface area (Å²) in [6.07, 6.45) is 4.02. The van der Waals surface area contributed by atoms with E-state index in [-0.39, 0.29) is 6.04 Å². The molecule has 2 rings (SSSR count). The van der Waals surface area contributed by atoms with Crippen molar-refractivity contribution in [3.05, 3.63) is 51.1 Å². The molecule has 2 N–H and O–H groups in total. The molecule has 1 atom stereocenters. The molecule has 5 heteroatoms. The Morgan fingerprint density at radius 1 is 1.44 bits per heavy atom. The van der Waals surface area contributed by atoms with Crippen LogP contribution in [0.15, 0.2) is 44.0 Å². The maximum Gasteiger partial charge on any atom is 0.105 e. The number of nitrogens with zero attached hydrogens (tertiary/aromatic N) is 1. The lowest BCUT2D eigenvalue weighted by atomic mass is 10.1. The lowest BCUT2D eigenvalue weighted by molar-refractivity contribution is 0.485. The van der Waals surface area contributed by atoms with Crippen molar-refractivity contribution in [2.75, 3.05) is 0 Å². The Hall–Kier alpha value is -0.650. The highest BCUT2D eigenvalue weighted by Crippen LogP contribution is 2.25. The molecule has 2 aromatic heterocycles. The summed E-state index contributed by atoms with van der Waals surface area (Å²) in [7, 11) is 0. The van der Waals surface area contributed by atoms with Gasteiger partial charge in [-0.25, -0.2) is 0 Å². The Morgan fingerprint density at radius 3 is 2.88 bits per heavy atom. The first kappa shape index (κ1) is 11.8. The molecular weight excluding hydrogens is 336 g/mol. The topological polar surface area (TPSA) is 52.0 Å². The summed E-state index contributed by atoms with van der Waals surface area (Å²) >= 11 is 6.80. The molecule has 0 radical (unpaired) electrons. The molecule has 3 nitrogen and oxygen atoms in total. The van der Waals surface area contributed by atoms with E-state index in [1.807, 2.05) is 18.2 Å². The van der Waals surface area contributed by atoms with Crippen molar-refractivity contribution in [1.82, 2.24) is 4.98 Å². The molecule has 0 amide bonds. The monoisotopic (exact) mass is 344 g/mol. The number of nitrogens with two attached hydrogens (primary N) is 1. The van der Waals surface area contributed by atoms with Crippen LogP contribution < -0.4 is 5.73 Å². The van der Waals surface area contributed by atoms with Gasteiger partial charge in [0.05, 0.1) is 18.0 Å². The minimum absolute atomic E-state index is 0.173. The fraction of sp³-hybridized carbons (Fsp3) is 0.182. The summed E-state index contributed by atoms with van der Waals surface area (Å²) in [5.41, 5.74) is 6.90. The number of furan rings is 1. The molecule has 2 heterocycles. The molecule has 0 aliphatic carbocycles. The Bertz CT molecular complexity index is 471. The SMILES string of the molecule is NC(Cc1ccco1)c1ncc(Br)cc1Br. The van der Waals surface area contributed by atoms with Crippen molar-refractivity contribution >= 4 is 31.9 Å². The van der Waals surface area contributed by atoms with Crippen molar-refractivity contribution in [3.63, 3.8) is 0 Å². The van der Waals surface area contributed by atoms with Gasteiger partial charge in [0.2, 0.25) is 0 Å². The zero-order valence-corrected chi connectivity index (χ0v) is 11.5. The molecule has 0 saturated heterocycles. The molecule has 0 aliphatic rings. The lowest BCUT2D eigenvalue weighted by Gasteiger charge is -2.11. The minimum Gasteiger partial charge on any atom is -0.469 e. The van der Waals surface area contributed by atoms with Gasteiger partial charge in [-0.05, 0) is 50.1 Å². The molecule has 16 heavy (non-hydrogen) atoms. The van der Waals surface area contributed by atoms with Crippen LogP contribution >= 0.6 is 31.9 Å². The average molecular weight is 346 g/mol. The standard InChI is InChI=1S/C11H10Br2N2O/c12-7-4-9(13)11(15-6-7)10(14)5-8-2-1-3-16-8/h1-4,6,10H,5,14H2. The van der Waals surface area contributed by atoms with E-state index in [0.29, 0.717) is 6.42 Å². The van der Waals surface area contributed by atoms with E-state index in [2.05, 4.69) is 36.8 Å². The molecule has 0 aliphatic heterocycles. The van der Waals surface area contributed by atoms with Crippen LogP contribution in [0.4, 0.5) is 0 Å². The zero-order valence-electron chi connectivity index (χ0n) is 8.36. The number of rotatable bonds is 3. The third-order valence-electron chi connectivity index (χ3n) is 2.19. The van der Waals surface area contributed by atoms with Gasteiger partial charge >= 0.3 is 0 Å². The molecular formula is C11H10Br2N2O. The third-order valence-corrected chi connectivity index (χ3v) is 3.26. The molecule has 0 aromatic carbocycles. The van der Waals surface area contributed by atoms with E-state index in [0.717, 1.165) is 20.4 Å². The number of halogens is 2. The highest BCUT2D eigenvalue weighted by Gasteiger charge is 2.13. The highest BCUT2D eigenvalue weighted by atomic mass is 79.9. The summed E-state index contributed by atoms with van der Waals surface area (Å²) in [4.78, 5) is 4.30. The normalized spacial score (nSPS) is 12.7.